The van der Waals surface area contributed by atoms with Crippen LogP contribution < -0.4 is 10.6 Å². The summed E-state index contributed by atoms with van der Waals surface area (Å²) in [5.74, 6) is -0.165. The number of hydrogen-bond donors (Lipinski definition) is 2. The van der Waals surface area contributed by atoms with Gasteiger partial charge in [-0.05, 0) is 37.8 Å². The topological polar surface area (TPSA) is 115 Å². The Bertz CT molecular complexity index is 1190. The second-order valence-corrected chi connectivity index (χ2v) is 8.70. The van der Waals surface area contributed by atoms with E-state index in [0.717, 1.165) is 10.9 Å². The average Bonchev–Trinajstić information content (AvgIpc) is 3.55. The fraction of sp³-hybridized carbons (Fsp3) is 0.435. The molecule has 13 heteroatoms. The number of nitrogens with one attached hydrogen (secondary N) is 2. The van der Waals surface area contributed by atoms with Gasteiger partial charge in [-0.1, -0.05) is 18.2 Å². The summed E-state index contributed by atoms with van der Waals surface area (Å²) in [6.07, 6.45) is -1.06. The third-order valence-electron chi connectivity index (χ3n) is 6.00. The molecule has 4 rings (SSSR count). The van der Waals surface area contributed by atoms with Crippen molar-refractivity contribution in [1.29, 1.82) is 0 Å². The van der Waals surface area contributed by atoms with Crippen LogP contribution in [0.1, 0.15) is 59.4 Å². The van der Waals surface area contributed by atoms with Crippen LogP contribution in [0, 0.1) is 5.92 Å². The van der Waals surface area contributed by atoms with E-state index in [0.29, 0.717) is 43.2 Å². The van der Waals surface area contributed by atoms with E-state index in [1.54, 1.807) is 30.3 Å². The van der Waals surface area contributed by atoms with Crippen LogP contribution in [0.2, 0.25) is 0 Å². The lowest BCUT2D eigenvalue weighted by atomic mass is 9.81. The standard InChI is InChI=1S/C23H24ClF3N6O3/c24-12-18-30-31-22(36-18)15-8-6-14(7-9-15)20(34)28-10-11-29-21(35)17-13-33(16-4-2-1-3-5-16)32-19(17)23(25,26)27/h1-5,13-15H,6-12H2,(H,28,34)(H,29,35). The molecular formula is C23H24ClF3N6O3. The maximum atomic E-state index is 13.5. The van der Waals surface area contributed by atoms with Gasteiger partial charge in [-0.2, -0.15) is 18.3 Å². The van der Waals surface area contributed by atoms with Crippen LogP contribution in [0.3, 0.4) is 0 Å². The van der Waals surface area contributed by atoms with Gasteiger partial charge in [-0.25, -0.2) is 4.68 Å². The van der Waals surface area contributed by atoms with Crippen molar-refractivity contribution in [3.63, 3.8) is 0 Å². The Morgan fingerprint density at radius 2 is 1.75 bits per heavy atom. The highest BCUT2D eigenvalue weighted by atomic mass is 35.5. The van der Waals surface area contributed by atoms with Crippen molar-refractivity contribution < 1.29 is 27.2 Å². The molecule has 9 nitrogen and oxygen atoms in total. The van der Waals surface area contributed by atoms with E-state index in [-0.39, 0.29) is 36.7 Å². The monoisotopic (exact) mass is 524 g/mol. The van der Waals surface area contributed by atoms with Crippen molar-refractivity contribution in [3.8, 4) is 5.69 Å². The van der Waals surface area contributed by atoms with Crippen molar-refractivity contribution in [2.75, 3.05) is 13.1 Å². The lowest BCUT2D eigenvalue weighted by Gasteiger charge is -2.25. The number of carbonyl (C=O) groups excluding carboxylic acids is 2. The lowest BCUT2D eigenvalue weighted by molar-refractivity contribution is -0.141. The second-order valence-electron chi connectivity index (χ2n) is 8.43. The van der Waals surface area contributed by atoms with Crippen molar-refractivity contribution in [3.05, 3.63) is 59.6 Å². The van der Waals surface area contributed by atoms with Gasteiger partial charge in [0.2, 0.25) is 17.7 Å². The molecule has 0 bridgehead atoms. The number of amides is 2. The predicted molar refractivity (Wildman–Crippen MR) is 122 cm³/mol. The smallest absolute Gasteiger partial charge is 0.424 e. The van der Waals surface area contributed by atoms with E-state index in [1.165, 1.54) is 0 Å². The van der Waals surface area contributed by atoms with E-state index in [9.17, 15) is 22.8 Å². The van der Waals surface area contributed by atoms with Crippen molar-refractivity contribution in [2.24, 2.45) is 5.92 Å². The van der Waals surface area contributed by atoms with Gasteiger partial charge in [-0.3, -0.25) is 9.59 Å². The fourth-order valence-corrected chi connectivity index (χ4v) is 4.26. The highest BCUT2D eigenvalue weighted by molar-refractivity contribution is 6.16. The molecule has 192 valence electrons. The number of alkyl halides is 4. The molecule has 1 aliphatic rings. The number of para-hydroxylation sites is 1. The first-order chi connectivity index (χ1) is 17.3. The highest BCUT2D eigenvalue weighted by Crippen LogP contribution is 2.35. The molecule has 2 N–H and O–H groups in total. The van der Waals surface area contributed by atoms with E-state index < -0.39 is 23.3 Å². The van der Waals surface area contributed by atoms with Crippen LogP contribution in [-0.2, 0) is 16.9 Å². The number of nitrogens with zero attached hydrogens (tertiary/aromatic N) is 4. The molecule has 0 radical (unpaired) electrons. The van der Waals surface area contributed by atoms with Gasteiger partial charge in [0.25, 0.3) is 5.91 Å². The molecule has 0 saturated heterocycles. The normalized spacial score (nSPS) is 18.1. The largest absolute Gasteiger partial charge is 0.435 e. The van der Waals surface area contributed by atoms with Gasteiger partial charge < -0.3 is 15.1 Å². The van der Waals surface area contributed by atoms with Crippen LogP contribution >= 0.6 is 11.6 Å². The summed E-state index contributed by atoms with van der Waals surface area (Å²) in [6.45, 7) is 0.0539. The zero-order valence-electron chi connectivity index (χ0n) is 19.1. The Morgan fingerprint density at radius 3 is 2.39 bits per heavy atom. The first-order valence-corrected chi connectivity index (χ1v) is 12.0. The van der Waals surface area contributed by atoms with E-state index >= 15 is 0 Å². The summed E-state index contributed by atoms with van der Waals surface area (Å²) in [5.41, 5.74) is -1.47. The Kier molecular flexibility index (Phi) is 7.92. The van der Waals surface area contributed by atoms with Crippen molar-refractivity contribution >= 4 is 23.4 Å². The molecule has 1 fully saturated rings. The summed E-state index contributed by atoms with van der Waals surface area (Å²) >= 11 is 5.68. The molecular weight excluding hydrogens is 501 g/mol. The van der Waals surface area contributed by atoms with E-state index in [1.807, 2.05) is 0 Å². The van der Waals surface area contributed by atoms with Gasteiger partial charge in [0.15, 0.2) is 5.69 Å². The van der Waals surface area contributed by atoms with Crippen LogP contribution in [-0.4, -0.2) is 44.9 Å². The van der Waals surface area contributed by atoms with Gasteiger partial charge in [0.05, 0.1) is 11.3 Å². The minimum absolute atomic E-state index is 0.0308. The van der Waals surface area contributed by atoms with Crippen LogP contribution in [0.25, 0.3) is 5.69 Å². The third kappa shape index (κ3) is 6.04. The summed E-state index contributed by atoms with van der Waals surface area (Å²) in [5, 5.41) is 16.6. The van der Waals surface area contributed by atoms with Crippen LogP contribution in [0.4, 0.5) is 13.2 Å². The lowest BCUT2D eigenvalue weighted by Crippen LogP contribution is -2.38. The number of rotatable bonds is 8. The molecule has 36 heavy (non-hydrogen) atoms. The Morgan fingerprint density at radius 1 is 1.06 bits per heavy atom. The molecule has 2 aromatic heterocycles. The van der Waals surface area contributed by atoms with Crippen molar-refractivity contribution in [2.45, 2.75) is 43.7 Å². The molecule has 0 atom stereocenters. The van der Waals surface area contributed by atoms with Gasteiger partial charge in [0.1, 0.15) is 5.88 Å². The molecule has 3 aromatic rings. The molecule has 1 saturated carbocycles. The quantitative estimate of drug-likeness (QED) is 0.342. The molecule has 0 unspecified atom stereocenters. The molecule has 2 amide bonds. The van der Waals surface area contributed by atoms with Gasteiger partial charge in [0, 0.05) is 31.1 Å². The SMILES string of the molecule is O=C(NCCNC(=O)C1CCC(c2nnc(CCl)o2)CC1)c1cn(-c2ccccc2)nc1C(F)(F)F. The number of aromatic nitrogens is 4. The average molecular weight is 525 g/mol. The Balaban J connectivity index is 1.26. The number of halogens is 4. The zero-order chi connectivity index (χ0) is 25.7. The molecule has 2 heterocycles. The summed E-state index contributed by atoms with van der Waals surface area (Å²) in [6, 6.07) is 8.19. The van der Waals surface area contributed by atoms with Crippen LogP contribution in [0.5, 0.6) is 0 Å². The maximum absolute atomic E-state index is 13.5. The Hall–Kier alpha value is -3.41. The second kappa shape index (κ2) is 11.1. The summed E-state index contributed by atoms with van der Waals surface area (Å²) in [7, 11) is 0. The van der Waals surface area contributed by atoms with E-state index in [2.05, 4.69) is 25.9 Å². The molecule has 1 aliphatic carbocycles. The number of benzene rings is 1. The minimum atomic E-state index is -4.80. The predicted octanol–water partition coefficient (Wildman–Crippen LogP) is 3.83. The molecule has 0 spiro atoms. The van der Waals surface area contributed by atoms with Crippen LogP contribution in [0.15, 0.2) is 40.9 Å². The van der Waals surface area contributed by atoms with Gasteiger partial charge in [-0.15, -0.1) is 21.8 Å². The number of hydrogen-bond acceptors (Lipinski definition) is 6. The Labute approximate surface area is 209 Å². The molecule has 0 aliphatic heterocycles. The van der Waals surface area contributed by atoms with E-state index in [4.69, 9.17) is 16.0 Å². The van der Waals surface area contributed by atoms with Crippen molar-refractivity contribution in [1.82, 2.24) is 30.6 Å². The summed E-state index contributed by atoms with van der Waals surface area (Å²) < 4.78 is 46.9. The third-order valence-corrected chi connectivity index (χ3v) is 6.23. The first-order valence-electron chi connectivity index (χ1n) is 11.4. The molecule has 1 aromatic carbocycles. The first kappa shape index (κ1) is 25.7. The van der Waals surface area contributed by atoms with Gasteiger partial charge >= 0.3 is 6.18 Å². The fourth-order valence-electron chi connectivity index (χ4n) is 4.15. The maximum Gasteiger partial charge on any atom is 0.435 e. The number of carbonyl (C=O) groups is 2. The summed E-state index contributed by atoms with van der Waals surface area (Å²) in [4.78, 5) is 25.0. The zero-order valence-corrected chi connectivity index (χ0v) is 19.8. The minimum Gasteiger partial charge on any atom is -0.424 e. The highest BCUT2D eigenvalue weighted by Gasteiger charge is 2.39.